The van der Waals surface area contributed by atoms with Gasteiger partial charge in [-0.15, -0.1) is 0 Å². The zero-order chi connectivity index (χ0) is 15.9. The van der Waals surface area contributed by atoms with E-state index in [9.17, 15) is 0 Å². The van der Waals surface area contributed by atoms with Gasteiger partial charge in [0.05, 0.1) is 6.61 Å². The van der Waals surface area contributed by atoms with Gasteiger partial charge >= 0.3 is 0 Å². The number of ether oxygens (including phenoxy) is 1. The van der Waals surface area contributed by atoms with Gasteiger partial charge in [0, 0.05) is 5.41 Å². The number of oxime groups is 1. The molecule has 0 aliphatic heterocycles. The van der Waals surface area contributed by atoms with Crippen molar-refractivity contribution in [3.05, 3.63) is 29.8 Å². The second kappa shape index (κ2) is 7.91. The van der Waals surface area contributed by atoms with E-state index in [2.05, 4.69) is 31.1 Å². The minimum absolute atomic E-state index is 0.266. The van der Waals surface area contributed by atoms with Crippen LogP contribution in [0.4, 0.5) is 0 Å². The Balaban J connectivity index is 2.54. The highest BCUT2D eigenvalue weighted by Crippen LogP contribution is 2.29. The van der Waals surface area contributed by atoms with Crippen molar-refractivity contribution in [2.75, 3.05) is 6.61 Å². The van der Waals surface area contributed by atoms with Gasteiger partial charge in [0.25, 0.3) is 0 Å². The number of para-hydroxylation sites is 1. The van der Waals surface area contributed by atoms with Crippen LogP contribution in [0.25, 0.3) is 0 Å². The summed E-state index contributed by atoms with van der Waals surface area (Å²) in [5.41, 5.74) is 6.63. The third kappa shape index (κ3) is 4.96. The summed E-state index contributed by atoms with van der Waals surface area (Å²) in [7, 11) is 0. The molecule has 1 aromatic rings. The summed E-state index contributed by atoms with van der Waals surface area (Å²) in [5.74, 6) is 1.73. The fourth-order valence-electron chi connectivity index (χ4n) is 2.20. The maximum Gasteiger partial charge on any atom is 0.144 e. The Morgan fingerprint density at radius 1 is 1.38 bits per heavy atom. The summed E-state index contributed by atoms with van der Waals surface area (Å²) >= 11 is 0. The van der Waals surface area contributed by atoms with Crippen molar-refractivity contribution in [2.24, 2.45) is 16.3 Å². The molecule has 0 aliphatic carbocycles. The van der Waals surface area contributed by atoms with Crippen molar-refractivity contribution in [3.63, 3.8) is 0 Å². The molecule has 0 aromatic heterocycles. The van der Waals surface area contributed by atoms with Crippen molar-refractivity contribution < 1.29 is 9.94 Å². The van der Waals surface area contributed by atoms with Crippen LogP contribution in [0.5, 0.6) is 5.75 Å². The zero-order valence-electron chi connectivity index (χ0n) is 13.6. The second-order valence-corrected chi connectivity index (χ2v) is 6.17. The number of amidine groups is 1. The van der Waals surface area contributed by atoms with Gasteiger partial charge in [-0.3, -0.25) is 0 Å². The molecule has 0 saturated heterocycles. The highest BCUT2D eigenvalue weighted by atomic mass is 16.5. The number of hydrogen-bond donors (Lipinski definition) is 2. The monoisotopic (exact) mass is 292 g/mol. The van der Waals surface area contributed by atoms with E-state index >= 15 is 0 Å². The SMILES string of the molecule is CCC(C)c1ccccc1OCCCC(C)(C)C(N)=NO. The van der Waals surface area contributed by atoms with Crippen molar-refractivity contribution in [3.8, 4) is 5.75 Å². The lowest BCUT2D eigenvalue weighted by Gasteiger charge is -2.23. The van der Waals surface area contributed by atoms with Gasteiger partial charge in [-0.25, -0.2) is 0 Å². The maximum atomic E-state index is 8.76. The Kier molecular flexibility index (Phi) is 6.53. The average molecular weight is 292 g/mol. The summed E-state index contributed by atoms with van der Waals surface area (Å²) in [5, 5.41) is 11.9. The lowest BCUT2D eigenvalue weighted by atomic mass is 9.87. The normalized spacial score (nSPS) is 14.0. The molecule has 0 amide bonds. The van der Waals surface area contributed by atoms with E-state index in [0.717, 1.165) is 25.0 Å². The van der Waals surface area contributed by atoms with Crippen LogP contribution in [-0.4, -0.2) is 17.6 Å². The van der Waals surface area contributed by atoms with E-state index in [1.165, 1.54) is 5.56 Å². The third-order valence-corrected chi connectivity index (χ3v) is 4.07. The molecule has 0 aliphatic rings. The van der Waals surface area contributed by atoms with Crippen LogP contribution in [0, 0.1) is 5.41 Å². The topological polar surface area (TPSA) is 67.8 Å². The Hall–Kier alpha value is -1.71. The van der Waals surface area contributed by atoms with Gasteiger partial charge < -0.3 is 15.7 Å². The molecular formula is C17H28N2O2. The molecule has 21 heavy (non-hydrogen) atoms. The van der Waals surface area contributed by atoms with E-state index in [1.807, 2.05) is 26.0 Å². The number of hydrogen-bond acceptors (Lipinski definition) is 3. The summed E-state index contributed by atoms with van der Waals surface area (Å²) in [6.07, 6.45) is 2.77. The van der Waals surface area contributed by atoms with Gasteiger partial charge in [0.2, 0.25) is 0 Å². The van der Waals surface area contributed by atoms with Gasteiger partial charge in [-0.05, 0) is 36.8 Å². The summed E-state index contributed by atoms with van der Waals surface area (Å²) in [6, 6.07) is 8.21. The second-order valence-electron chi connectivity index (χ2n) is 6.17. The van der Waals surface area contributed by atoms with Crippen LogP contribution in [0.15, 0.2) is 29.4 Å². The Morgan fingerprint density at radius 2 is 2.05 bits per heavy atom. The van der Waals surface area contributed by atoms with Crippen LogP contribution in [-0.2, 0) is 0 Å². The Labute approximate surface area is 128 Å². The van der Waals surface area contributed by atoms with Crippen LogP contribution in [0.1, 0.15) is 58.4 Å². The molecule has 1 atom stereocenters. The first-order valence-electron chi connectivity index (χ1n) is 7.62. The molecule has 1 unspecified atom stereocenters. The summed E-state index contributed by atoms with van der Waals surface area (Å²) in [4.78, 5) is 0. The molecule has 0 radical (unpaired) electrons. The highest BCUT2D eigenvalue weighted by molar-refractivity contribution is 5.85. The average Bonchev–Trinajstić information content (AvgIpc) is 2.50. The van der Waals surface area contributed by atoms with Crippen LogP contribution >= 0.6 is 0 Å². The minimum atomic E-state index is -0.311. The number of rotatable bonds is 8. The van der Waals surface area contributed by atoms with Gasteiger partial charge in [0.15, 0.2) is 0 Å². The third-order valence-electron chi connectivity index (χ3n) is 4.07. The predicted octanol–water partition coefficient (Wildman–Crippen LogP) is 4.13. The van der Waals surface area contributed by atoms with Crippen LogP contribution in [0.2, 0.25) is 0 Å². The summed E-state index contributed by atoms with van der Waals surface area (Å²) < 4.78 is 5.93. The van der Waals surface area contributed by atoms with E-state index in [1.54, 1.807) is 0 Å². The van der Waals surface area contributed by atoms with E-state index < -0.39 is 0 Å². The molecule has 0 fully saturated rings. The standard InChI is InChI=1S/C17H28N2O2/c1-5-13(2)14-9-6-7-10-15(14)21-12-8-11-17(3,4)16(18)19-20/h6-7,9-10,13,20H,5,8,11-12H2,1-4H3,(H2,18,19). The molecular weight excluding hydrogens is 264 g/mol. The smallest absolute Gasteiger partial charge is 0.144 e. The lowest BCUT2D eigenvalue weighted by molar-refractivity contribution is 0.275. The first-order valence-corrected chi connectivity index (χ1v) is 7.62. The molecule has 3 N–H and O–H groups in total. The molecule has 4 heteroatoms. The summed E-state index contributed by atoms with van der Waals surface area (Å²) in [6.45, 7) is 8.96. The van der Waals surface area contributed by atoms with Crippen LogP contribution < -0.4 is 10.5 Å². The lowest BCUT2D eigenvalue weighted by Crippen LogP contribution is -2.32. The number of nitrogens with zero attached hydrogens (tertiary/aromatic N) is 1. The van der Waals surface area contributed by atoms with Gasteiger partial charge in [-0.2, -0.15) is 0 Å². The molecule has 1 rings (SSSR count). The fraction of sp³-hybridized carbons (Fsp3) is 0.588. The zero-order valence-corrected chi connectivity index (χ0v) is 13.6. The molecule has 0 heterocycles. The van der Waals surface area contributed by atoms with Gasteiger partial charge in [0.1, 0.15) is 11.6 Å². The highest BCUT2D eigenvalue weighted by Gasteiger charge is 2.23. The molecule has 0 bridgehead atoms. The van der Waals surface area contributed by atoms with Crippen molar-refractivity contribution >= 4 is 5.84 Å². The van der Waals surface area contributed by atoms with E-state index in [0.29, 0.717) is 12.5 Å². The Bertz CT molecular complexity index is 470. The van der Waals surface area contributed by atoms with Crippen molar-refractivity contribution in [1.29, 1.82) is 0 Å². The first-order chi connectivity index (χ1) is 9.92. The molecule has 1 aromatic carbocycles. The van der Waals surface area contributed by atoms with E-state index in [4.69, 9.17) is 15.7 Å². The number of nitrogens with two attached hydrogens (primary N) is 1. The minimum Gasteiger partial charge on any atom is -0.493 e. The van der Waals surface area contributed by atoms with E-state index in [-0.39, 0.29) is 11.3 Å². The number of benzene rings is 1. The predicted molar refractivity (Wildman–Crippen MR) is 87.1 cm³/mol. The van der Waals surface area contributed by atoms with Crippen molar-refractivity contribution in [2.45, 2.75) is 52.9 Å². The molecule has 0 spiro atoms. The quantitative estimate of drug-likeness (QED) is 0.249. The van der Waals surface area contributed by atoms with Crippen molar-refractivity contribution in [1.82, 2.24) is 0 Å². The molecule has 4 nitrogen and oxygen atoms in total. The Morgan fingerprint density at radius 3 is 2.67 bits per heavy atom. The van der Waals surface area contributed by atoms with Crippen LogP contribution in [0.3, 0.4) is 0 Å². The fourth-order valence-corrected chi connectivity index (χ4v) is 2.20. The molecule has 0 saturated carbocycles. The largest absolute Gasteiger partial charge is 0.493 e. The molecule has 118 valence electrons. The maximum absolute atomic E-state index is 8.76. The van der Waals surface area contributed by atoms with Gasteiger partial charge in [-0.1, -0.05) is 51.0 Å². The first kappa shape index (κ1) is 17.3.